The molecule has 186 valence electrons. The Labute approximate surface area is 226 Å². The number of hydrogen-bond donors (Lipinski definition) is 1. The first-order valence-electron chi connectivity index (χ1n) is 11.7. The molecule has 3 unspecified atom stereocenters. The zero-order valence-corrected chi connectivity index (χ0v) is 22.0. The number of nitrogens with one attached hydrogen (secondary N) is 1. The van der Waals surface area contributed by atoms with Crippen LogP contribution in [0, 0.1) is 12.8 Å². The zero-order valence-electron chi connectivity index (χ0n) is 19.6. The molecule has 0 saturated carbocycles. The van der Waals surface area contributed by atoms with Crippen LogP contribution in [0.4, 0.5) is 5.69 Å². The van der Waals surface area contributed by atoms with Crippen LogP contribution in [0.5, 0.6) is 5.75 Å². The predicted octanol–water partition coefficient (Wildman–Crippen LogP) is 5.77. The number of aromatic nitrogens is 1. The number of anilines is 1. The number of fused-ring (bicyclic) bond motifs is 2. The number of halogens is 1. The summed E-state index contributed by atoms with van der Waals surface area (Å²) in [5.74, 6) is -1.31. The predicted molar refractivity (Wildman–Crippen MR) is 146 cm³/mol. The molecule has 6 nitrogen and oxygen atoms in total. The number of carbonyl (C=O) groups excluding carboxylic acids is 2. The van der Waals surface area contributed by atoms with Gasteiger partial charge in [0.05, 0.1) is 16.6 Å². The van der Waals surface area contributed by atoms with E-state index >= 15 is 0 Å². The number of para-hydroxylation sites is 1. The Hall–Kier alpha value is -3.33. The second-order valence-electron chi connectivity index (χ2n) is 9.06. The Kier molecular flexibility index (Phi) is 6.18. The molecule has 2 aliphatic rings. The summed E-state index contributed by atoms with van der Waals surface area (Å²) >= 11 is 8.76. The quantitative estimate of drug-likeness (QED) is 0.320. The van der Waals surface area contributed by atoms with E-state index in [1.54, 1.807) is 42.5 Å². The van der Waals surface area contributed by atoms with Crippen LogP contribution >= 0.6 is 34.7 Å². The molecule has 9 heteroatoms. The lowest BCUT2D eigenvalue weighted by molar-refractivity contribution is -0.122. The molecule has 37 heavy (non-hydrogen) atoms. The fraction of sp³-hybridized carbons (Fsp3) is 0.179. The van der Waals surface area contributed by atoms with Crippen molar-refractivity contribution in [3.05, 3.63) is 109 Å². The van der Waals surface area contributed by atoms with E-state index in [0.717, 1.165) is 27.3 Å². The summed E-state index contributed by atoms with van der Waals surface area (Å²) in [6, 6.07) is 22.3. The van der Waals surface area contributed by atoms with Crippen LogP contribution in [0.3, 0.4) is 0 Å². The number of ether oxygens (including phenoxy) is 1. The van der Waals surface area contributed by atoms with Crippen LogP contribution in [0.25, 0.3) is 0 Å². The lowest BCUT2D eigenvalue weighted by atomic mass is 9.82. The number of imide groups is 1. The minimum absolute atomic E-state index is 0.230. The third kappa shape index (κ3) is 4.29. The van der Waals surface area contributed by atoms with Gasteiger partial charge in [0.1, 0.15) is 17.6 Å². The molecule has 2 aliphatic heterocycles. The summed E-state index contributed by atoms with van der Waals surface area (Å²) in [5.41, 5.74) is 3.35. The fourth-order valence-corrected chi connectivity index (χ4v) is 7.73. The summed E-state index contributed by atoms with van der Waals surface area (Å²) in [5, 5.41) is 0.412. The van der Waals surface area contributed by atoms with Crippen molar-refractivity contribution in [3.8, 4) is 5.75 Å². The molecular weight excluding hydrogens is 528 g/mol. The van der Waals surface area contributed by atoms with Gasteiger partial charge in [0.25, 0.3) is 0 Å². The number of rotatable bonds is 5. The summed E-state index contributed by atoms with van der Waals surface area (Å²) < 4.78 is 6.27. The minimum atomic E-state index is -0.712. The first-order chi connectivity index (χ1) is 17.9. The van der Waals surface area contributed by atoms with Crippen LogP contribution in [0.1, 0.15) is 27.5 Å². The molecule has 1 fully saturated rings. The molecule has 0 radical (unpaired) electrons. The smallest absolute Gasteiger partial charge is 0.305 e. The molecule has 3 heterocycles. The van der Waals surface area contributed by atoms with Crippen molar-refractivity contribution in [2.24, 2.45) is 5.92 Å². The number of nitrogens with zero attached hydrogens (tertiary/aromatic N) is 1. The van der Waals surface area contributed by atoms with Gasteiger partial charge in [0, 0.05) is 21.4 Å². The molecule has 6 rings (SSSR count). The number of H-pyrrole nitrogens is 1. The van der Waals surface area contributed by atoms with Crippen LogP contribution in [0.2, 0.25) is 5.02 Å². The zero-order chi connectivity index (χ0) is 25.7. The molecule has 1 N–H and O–H groups in total. The summed E-state index contributed by atoms with van der Waals surface area (Å²) in [4.78, 5) is 44.5. The third-order valence-corrected chi connectivity index (χ3v) is 9.26. The molecule has 2 amide bonds. The maximum absolute atomic E-state index is 13.9. The summed E-state index contributed by atoms with van der Waals surface area (Å²) in [7, 11) is 0. The Morgan fingerprint density at radius 2 is 1.78 bits per heavy atom. The number of aromatic amines is 1. The Bertz CT molecular complexity index is 1580. The highest BCUT2D eigenvalue weighted by atomic mass is 35.5. The number of thiazole rings is 1. The van der Waals surface area contributed by atoms with E-state index in [2.05, 4.69) is 11.1 Å². The highest BCUT2D eigenvalue weighted by Crippen LogP contribution is 2.54. The van der Waals surface area contributed by atoms with E-state index in [9.17, 15) is 14.4 Å². The minimum Gasteiger partial charge on any atom is -0.489 e. The van der Waals surface area contributed by atoms with E-state index in [0.29, 0.717) is 33.7 Å². The number of hydrogen-bond acceptors (Lipinski definition) is 6. The average molecular weight is 549 g/mol. The maximum Gasteiger partial charge on any atom is 0.305 e. The van der Waals surface area contributed by atoms with Gasteiger partial charge in [-0.05, 0) is 42.8 Å². The van der Waals surface area contributed by atoms with Crippen molar-refractivity contribution in [3.63, 3.8) is 0 Å². The lowest BCUT2D eigenvalue weighted by Crippen LogP contribution is -2.32. The van der Waals surface area contributed by atoms with Crippen LogP contribution in [-0.4, -0.2) is 22.0 Å². The van der Waals surface area contributed by atoms with Gasteiger partial charge < -0.3 is 9.72 Å². The van der Waals surface area contributed by atoms with Crippen LogP contribution in [0.15, 0.2) is 82.6 Å². The molecule has 4 aromatic rings. The maximum atomic E-state index is 13.9. The molecule has 1 saturated heterocycles. The second-order valence-corrected chi connectivity index (χ2v) is 11.7. The molecule has 0 aliphatic carbocycles. The SMILES string of the molecule is Cc1cccc(COc2ccc(Cl)cc2C2c3sc(=O)[nH]c3SC3C(=O)N(c4ccccc4)C(=O)C32)c1. The number of amides is 2. The number of aryl methyl sites for hydroxylation is 1. The van der Waals surface area contributed by atoms with Gasteiger partial charge in [-0.25, -0.2) is 4.90 Å². The van der Waals surface area contributed by atoms with Crippen molar-refractivity contribution >= 4 is 52.2 Å². The lowest BCUT2D eigenvalue weighted by Gasteiger charge is -2.31. The van der Waals surface area contributed by atoms with Crippen molar-refractivity contribution in [1.82, 2.24) is 4.98 Å². The van der Waals surface area contributed by atoms with Crippen molar-refractivity contribution in [1.29, 1.82) is 0 Å². The van der Waals surface area contributed by atoms with Crippen molar-refractivity contribution in [2.45, 2.75) is 29.7 Å². The first kappa shape index (κ1) is 24.0. The Balaban J connectivity index is 1.45. The number of thioether (sulfide) groups is 1. The standard InChI is InChI=1S/C28H21ClN2O4S2/c1-15-6-5-7-16(12-15)14-35-20-11-10-17(29)13-19(20)21-22-24(36-25-23(21)37-28(34)30-25)27(33)31(26(22)32)18-8-3-2-4-9-18/h2-13,21-22,24H,14H2,1H3,(H,30,34). The van der Waals surface area contributed by atoms with Gasteiger partial charge in [-0.1, -0.05) is 82.7 Å². The van der Waals surface area contributed by atoms with Gasteiger partial charge in [0.2, 0.25) is 11.8 Å². The number of benzene rings is 3. The molecule has 3 aromatic carbocycles. The van der Waals surface area contributed by atoms with E-state index in [1.165, 1.54) is 16.7 Å². The first-order valence-corrected chi connectivity index (χ1v) is 13.8. The summed E-state index contributed by atoms with van der Waals surface area (Å²) in [6.45, 7) is 2.35. The van der Waals surface area contributed by atoms with Gasteiger partial charge in [-0.2, -0.15) is 0 Å². The largest absolute Gasteiger partial charge is 0.489 e. The highest BCUT2D eigenvalue weighted by molar-refractivity contribution is 8.00. The second kappa shape index (κ2) is 9.52. The molecule has 3 atom stereocenters. The average Bonchev–Trinajstić information content (AvgIpc) is 3.38. The van der Waals surface area contributed by atoms with Crippen LogP contribution < -0.4 is 14.5 Å². The molecule has 0 bridgehead atoms. The van der Waals surface area contributed by atoms with Crippen molar-refractivity contribution < 1.29 is 14.3 Å². The molecular formula is C28H21ClN2O4S2. The Morgan fingerprint density at radius 1 is 0.973 bits per heavy atom. The monoisotopic (exact) mass is 548 g/mol. The van der Waals surface area contributed by atoms with Gasteiger partial charge >= 0.3 is 4.87 Å². The molecule has 1 aromatic heterocycles. The topological polar surface area (TPSA) is 79.5 Å². The van der Waals surface area contributed by atoms with E-state index in [-0.39, 0.29) is 16.7 Å². The van der Waals surface area contributed by atoms with Crippen molar-refractivity contribution in [2.75, 3.05) is 4.90 Å². The molecule has 0 spiro atoms. The number of carbonyl (C=O) groups is 2. The van der Waals surface area contributed by atoms with Gasteiger partial charge in [-0.15, -0.1) is 0 Å². The fourth-order valence-electron chi connectivity index (χ4n) is 5.04. The Morgan fingerprint density at radius 3 is 2.57 bits per heavy atom. The highest BCUT2D eigenvalue weighted by Gasteiger charge is 2.56. The normalized spacial score (nSPS) is 20.6. The van der Waals surface area contributed by atoms with Gasteiger partial charge in [0.15, 0.2) is 0 Å². The van der Waals surface area contributed by atoms with E-state index in [1.807, 2.05) is 31.2 Å². The van der Waals surface area contributed by atoms with Crippen LogP contribution in [-0.2, 0) is 16.2 Å². The van der Waals surface area contributed by atoms with Gasteiger partial charge in [-0.3, -0.25) is 14.4 Å². The third-order valence-electron chi connectivity index (χ3n) is 6.62. The van der Waals surface area contributed by atoms with E-state index < -0.39 is 17.1 Å². The summed E-state index contributed by atoms with van der Waals surface area (Å²) in [6.07, 6.45) is 0. The van der Waals surface area contributed by atoms with E-state index in [4.69, 9.17) is 16.3 Å².